The topological polar surface area (TPSA) is 29.5 Å². The average molecular weight is 346 g/mol. The molecule has 24 heavy (non-hydrogen) atoms. The summed E-state index contributed by atoms with van der Waals surface area (Å²) < 4.78 is 46.2. The number of rotatable bonds is 3. The summed E-state index contributed by atoms with van der Waals surface area (Å²) in [6.45, 7) is 4.65. The van der Waals surface area contributed by atoms with Crippen LogP contribution in [0.25, 0.3) is 0 Å². The summed E-state index contributed by atoms with van der Waals surface area (Å²) in [5, 5.41) is 10.3. The normalized spacial score (nSPS) is 42.4. The standard InChI is InChI=1S/C19H29F3O2/c1-3-24-17-13-8-5-4-7-12(13)11-15-14(17)9-6-10-16(15)18(2,23)19(20,21)22/h3,12-17,23H,1,4-11H2,2H3. The zero-order valence-electron chi connectivity index (χ0n) is 14.4. The van der Waals surface area contributed by atoms with Crippen molar-refractivity contribution in [2.75, 3.05) is 0 Å². The molecule has 7 atom stereocenters. The van der Waals surface area contributed by atoms with Crippen LogP contribution in [0.1, 0.15) is 58.3 Å². The largest absolute Gasteiger partial charge is 0.498 e. The molecule has 0 heterocycles. The Balaban J connectivity index is 1.90. The summed E-state index contributed by atoms with van der Waals surface area (Å²) in [5.41, 5.74) is -2.61. The Morgan fingerprint density at radius 1 is 1.00 bits per heavy atom. The molecule has 5 heteroatoms. The van der Waals surface area contributed by atoms with Crippen molar-refractivity contribution in [3.63, 3.8) is 0 Å². The van der Waals surface area contributed by atoms with Crippen LogP contribution in [0.3, 0.4) is 0 Å². The molecule has 3 aliphatic rings. The van der Waals surface area contributed by atoms with Crippen LogP contribution in [0, 0.1) is 29.6 Å². The molecule has 0 saturated heterocycles. The minimum absolute atomic E-state index is 0.0293. The summed E-state index contributed by atoms with van der Waals surface area (Å²) in [5.74, 6) is 0.131. The van der Waals surface area contributed by atoms with Gasteiger partial charge in [0.25, 0.3) is 0 Å². The van der Waals surface area contributed by atoms with Gasteiger partial charge in [0.15, 0.2) is 5.60 Å². The van der Waals surface area contributed by atoms with Gasteiger partial charge in [-0.05, 0) is 62.2 Å². The maximum absolute atomic E-state index is 13.5. The lowest BCUT2D eigenvalue weighted by Gasteiger charge is -2.55. The fourth-order valence-electron chi connectivity index (χ4n) is 5.90. The van der Waals surface area contributed by atoms with Gasteiger partial charge in [0, 0.05) is 0 Å². The Morgan fingerprint density at radius 2 is 1.67 bits per heavy atom. The van der Waals surface area contributed by atoms with Gasteiger partial charge in [-0.1, -0.05) is 32.3 Å². The molecule has 0 radical (unpaired) electrons. The summed E-state index contributed by atoms with van der Waals surface area (Å²) in [7, 11) is 0. The highest BCUT2D eigenvalue weighted by Gasteiger charge is 2.60. The van der Waals surface area contributed by atoms with Crippen LogP contribution < -0.4 is 0 Å². The molecule has 0 aromatic carbocycles. The van der Waals surface area contributed by atoms with E-state index in [0.29, 0.717) is 18.3 Å². The third-order valence-electron chi connectivity index (χ3n) is 7.06. The Hall–Kier alpha value is -0.710. The van der Waals surface area contributed by atoms with E-state index in [1.54, 1.807) is 0 Å². The molecular weight excluding hydrogens is 317 g/mol. The molecule has 0 aromatic rings. The van der Waals surface area contributed by atoms with Gasteiger partial charge in [0.05, 0.1) is 6.26 Å². The van der Waals surface area contributed by atoms with E-state index in [0.717, 1.165) is 45.4 Å². The van der Waals surface area contributed by atoms with Crippen molar-refractivity contribution in [3.8, 4) is 0 Å². The van der Waals surface area contributed by atoms with E-state index in [2.05, 4.69) is 6.58 Å². The number of alkyl halides is 3. The van der Waals surface area contributed by atoms with Crippen molar-refractivity contribution in [3.05, 3.63) is 12.8 Å². The van der Waals surface area contributed by atoms with Crippen molar-refractivity contribution in [2.45, 2.75) is 76.2 Å². The van der Waals surface area contributed by atoms with E-state index in [1.165, 1.54) is 12.7 Å². The fourth-order valence-corrected chi connectivity index (χ4v) is 5.90. The highest BCUT2D eigenvalue weighted by Crippen LogP contribution is 2.56. The zero-order valence-corrected chi connectivity index (χ0v) is 14.4. The van der Waals surface area contributed by atoms with Crippen molar-refractivity contribution >= 4 is 0 Å². The molecule has 2 nitrogen and oxygen atoms in total. The number of halogens is 3. The molecule has 7 unspecified atom stereocenters. The van der Waals surface area contributed by atoms with Crippen molar-refractivity contribution < 1.29 is 23.0 Å². The van der Waals surface area contributed by atoms with E-state index in [4.69, 9.17) is 4.74 Å². The highest BCUT2D eigenvalue weighted by molar-refractivity contribution is 5.04. The third kappa shape index (κ3) is 2.97. The van der Waals surface area contributed by atoms with Crippen LogP contribution in [-0.2, 0) is 4.74 Å². The quantitative estimate of drug-likeness (QED) is 0.723. The first-order chi connectivity index (χ1) is 11.3. The van der Waals surface area contributed by atoms with Crippen LogP contribution >= 0.6 is 0 Å². The van der Waals surface area contributed by atoms with Crippen LogP contribution in [0.4, 0.5) is 13.2 Å². The molecule has 3 rings (SSSR count). The fraction of sp³-hybridized carbons (Fsp3) is 0.895. The number of fused-ring (bicyclic) bond motifs is 2. The van der Waals surface area contributed by atoms with Crippen LogP contribution in [-0.4, -0.2) is 23.0 Å². The Morgan fingerprint density at radius 3 is 2.33 bits per heavy atom. The first kappa shape index (κ1) is 18.1. The van der Waals surface area contributed by atoms with Crippen molar-refractivity contribution in [1.82, 2.24) is 0 Å². The highest BCUT2D eigenvalue weighted by atomic mass is 19.4. The molecule has 3 aliphatic carbocycles. The summed E-state index contributed by atoms with van der Waals surface area (Å²) in [4.78, 5) is 0. The molecule has 1 N–H and O–H groups in total. The maximum Gasteiger partial charge on any atom is 0.417 e. The second-order valence-corrected chi connectivity index (χ2v) is 8.22. The van der Waals surface area contributed by atoms with Gasteiger partial charge >= 0.3 is 6.18 Å². The molecule has 0 bridgehead atoms. The van der Waals surface area contributed by atoms with E-state index in [1.807, 2.05) is 0 Å². The number of hydrogen-bond acceptors (Lipinski definition) is 2. The van der Waals surface area contributed by atoms with Gasteiger partial charge in [0.1, 0.15) is 6.10 Å². The van der Waals surface area contributed by atoms with Crippen LogP contribution in [0.5, 0.6) is 0 Å². The number of hydrogen-bond donors (Lipinski definition) is 1. The number of ether oxygens (including phenoxy) is 1. The monoisotopic (exact) mass is 346 g/mol. The first-order valence-corrected chi connectivity index (χ1v) is 9.33. The number of aliphatic hydroxyl groups is 1. The van der Waals surface area contributed by atoms with Crippen LogP contribution in [0.15, 0.2) is 12.8 Å². The molecule has 0 amide bonds. The minimum Gasteiger partial charge on any atom is -0.498 e. The van der Waals surface area contributed by atoms with E-state index in [9.17, 15) is 18.3 Å². The van der Waals surface area contributed by atoms with Gasteiger partial charge in [-0.25, -0.2) is 0 Å². The van der Waals surface area contributed by atoms with E-state index < -0.39 is 17.7 Å². The third-order valence-corrected chi connectivity index (χ3v) is 7.06. The first-order valence-electron chi connectivity index (χ1n) is 9.33. The Bertz CT molecular complexity index is 460. The molecule has 0 aromatic heterocycles. The molecule has 0 aliphatic heterocycles. The van der Waals surface area contributed by atoms with E-state index in [-0.39, 0.29) is 17.9 Å². The molecule has 138 valence electrons. The summed E-state index contributed by atoms with van der Waals surface area (Å²) in [6.07, 6.45) is 4.25. The molecule has 3 saturated carbocycles. The summed E-state index contributed by atoms with van der Waals surface area (Å²) in [6, 6.07) is 0. The van der Waals surface area contributed by atoms with Gasteiger partial charge in [-0.2, -0.15) is 13.2 Å². The van der Waals surface area contributed by atoms with Gasteiger partial charge in [-0.3, -0.25) is 0 Å². The van der Waals surface area contributed by atoms with Gasteiger partial charge in [-0.15, -0.1) is 0 Å². The smallest absolute Gasteiger partial charge is 0.417 e. The lowest BCUT2D eigenvalue weighted by molar-refractivity contribution is -0.288. The second kappa shape index (κ2) is 6.54. The van der Waals surface area contributed by atoms with Gasteiger partial charge in [0.2, 0.25) is 0 Å². The molecule has 0 spiro atoms. The van der Waals surface area contributed by atoms with Crippen LogP contribution in [0.2, 0.25) is 0 Å². The maximum atomic E-state index is 13.5. The minimum atomic E-state index is -4.59. The molecule has 3 fully saturated rings. The summed E-state index contributed by atoms with van der Waals surface area (Å²) >= 11 is 0. The zero-order chi connectivity index (χ0) is 17.5. The van der Waals surface area contributed by atoms with Crippen molar-refractivity contribution in [2.24, 2.45) is 29.6 Å². The predicted molar refractivity (Wildman–Crippen MR) is 86.1 cm³/mol. The van der Waals surface area contributed by atoms with Crippen molar-refractivity contribution in [1.29, 1.82) is 0 Å². The lowest BCUT2D eigenvalue weighted by Crippen LogP contribution is -2.58. The molecular formula is C19H29F3O2. The average Bonchev–Trinajstić information content (AvgIpc) is 2.53. The second-order valence-electron chi connectivity index (χ2n) is 8.22. The Labute approximate surface area is 142 Å². The SMILES string of the molecule is C=COC1C2CCCCC2CC2C1CCCC2C(C)(O)C(F)(F)F. The Kier molecular flexibility index (Phi) is 4.93. The van der Waals surface area contributed by atoms with E-state index >= 15 is 0 Å². The lowest BCUT2D eigenvalue weighted by atomic mass is 9.53. The predicted octanol–water partition coefficient (Wildman–Crippen LogP) is 5.07. The van der Waals surface area contributed by atoms with Gasteiger partial charge < -0.3 is 9.84 Å².